The van der Waals surface area contributed by atoms with E-state index in [-0.39, 0.29) is 24.4 Å². The van der Waals surface area contributed by atoms with Gasteiger partial charge in [-0.2, -0.15) is 0 Å². The smallest absolute Gasteiger partial charge is 0.255 e. The van der Waals surface area contributed by atoms with Gasteiger partial charge >= 0.3 is 0 Å². The fraction of sp³-hybridized carbons (Fsp3) is 0.533. The van der Waals surface area contributed by atoms with Gasteiger partial charge in [0.25, 0.3) is 5.91 Å². The van der Waals surface area contributed by atoms with Crippen LogP contribution >= 0.6 is 28.3 Å². The molecule has 0 aromatic heterocycles. The van der Waals surface area contributed by atoms with Crippen LogP contribution in [0.4, 0.5) is 0 Å². The number of carbonyl (C=O) groups is 1. The molecule has 6 heteroatoms. The average Bonchev–Trinajstić information content (AvgIpc) is 2.47. The van der Waals surface area contributed by atoms with E-state index in [0.29, 0.717) is 17.2 Å². The molecule has 0 spiro atoms. The Bertz CT molecular complexity index is 497. The van der Waals surface area contributed by atoms with Crippen molar-refractivity contribution in [2.24, 2.45) is 11.7 Å². The number of ether oxygens (including phenoxy) is 1. The molecule has 0 bridgehead atoms. The minimum absolute atomic E-state index is 0. The van der Waals surface area contributed by atoms with Crippen molar-refractivity contribution in [3.05, 3.63) is 28.2 Å². The highest BCUT2D eigenvalue weighted by molar-refractivity contribution is 9.10. The topological polar surface area (TPSA) is 55.6 Å². The van der Waals surface area contributed by atoms with Gasteiger partial charge in [-0.25, -0.2) is 0 Å². The Kier molecular flexibility index (Phi) is 6.97. The molecule has 2 rings (SSSR count). The third-order valence-electron chi connectivity index (χ3n) is 3.89. The van der Waals surface area contributed by atoms with Crippen LogP contribution in [0.1, 0.15) is 30.1 Å². The van der Waals surface area contributed by atoms with Crippen LogP contribution in [0.15, 0.2) is 22.7 Å². The number of nitrogens with two attached hydrogens (primary N) is 1. The average molecular weight is 378 g/mol. The summed E-state index contributed by atoms with van der Waals surface area (Å²) in [5.74, 6) is 1.12. The van der Waals surface area contributed by atoms with Gasteiger partial charge in [-0.05, 0) is 59.8 Å². The number of nitrogens with zero attached hydrogens (tertiary/aromatic N) is 1. The number of amides is 1. The molecular formula is C15H22BrClN2O2. The Morgan fingerprint density at radius 3 is 2.86 bits per heavy atom. The number of hydrogen-bond donors (Lipinski definition) is 1. The van der Waals surface area contributed by atoms with Crippen LogP contribution in [0.25, 0.3) is 0 Å². The van der Waals surface area contributed by atoms with E-state index in [1.165, 1.54) is 0 Å². The van der Waals surface area contributed by atoms with Gasteiger partial charge < -0.3 is 15.4 Å². The van der Waals surface area contributed by atoms with Gasteiger partial charge in [0.15, 0.2) is 0 Å². The number of carbonyl (C=O) groups excluding carboxylic acids is 1. The highest BCUT2D eigenvalue weighted by atomic mass is 79.9. The predicted molar refractivity (Wildman–Crippen MR) is 90.2 cm³/mol. The van der Waals surface area contributed by atoms with Gasteiger partial charge in [0, 0.05) is 23.6 Å². The quantitative estimate of drug-likeness (QED) is 0.880. The number of piperidine rings is 1. The largest absolute Gasteiger partial charge is 0.497 e. The highest BCUT2D eigenvalue weighted by Gasteiger charge is 2.27. The molecule has 0 radical (unpaired) electrons. The summed E-state index contributed by atoms with van der Waals surface area (Å²) in [4.78, 5) is 14.6. The number of benzene rings is 1. The summed E-state index contributed by atoms with van der Waals surface area (Å²) >= 11 is 3.44. The van der Waals surface area contributed by atoms with E-state index in [1.807, 2.05) is 24.0 Å². The molecule has 0 saturated carbocycles. The summed E-state index contributed by atoms with van der Waals surface area (Å²) in [6.45, 7) is 3.55. The molecule has 118 valence electrons. The molecular weight excluding hydrogens is 356 g/mol. The number of rotatable bonds is 3. The molecule has 21 heavy (non-hydrogen) atoms. The van der Waals surface area contributed by atoms with Crippen molar-refractivity contribution in [3.8, 4) is 5.75 Å². The fourth-order valence-corrected chi connectivity index (χ4v) is 3.01. The van der Waals surface area contributed by atoms with E-state index in [1.54, 1.807) is 13.2 Å². The lowest BCUT2D eigenvalue weighted by Gasteiger charge is -2.34. The van der Waals surface area contributed by atoms with E-state index in [9.17, 15) is 4.79 Å². The van der Waals surface area contributed by atoms with Gasteiger partial charge in [-0.3, -0.25) is 4.79 Å². The molecule has 1 aromatic rings. The molecule has 1 amide bonds. The number of halogens is 2. The maximum absolute atomic E-state index is 12.7. The van der Waals surface area contributed by atoms with E-state index in [2.05, 4.69) is 15.9 Å². The van der Waals surface area contributed by atoms with Crippen LogP contribution in [0.3, 0.4) is 0 Å². The zero-order chi connectivity index (χ0) is 14.7. The zero-order valence-electron chi connectivity index (χ0n) is 12.3. The van der Waals surface area contributed by atoms with Gasteiger partial charge in [-0.1, -0.05) is 0 Å². The Hall–Kier alpha value is -0.780. The fourth-order valence-electron chi connectivity index (χ4n) is 2.59. The monoisotopic (exact) mass is 376 g/mol. The summed E-state index contributed by atoms with van der Waals surface area (Å²) in [7, 11) is 1.60. The van der Waals surface area contributed by atoms with Crippen LogP contribution in [0.5, 0.6) is 5.75 Å². The summed E-state index contributed by atoms with van der Waals surface area (Å²) in [5.41, 5.74) is 6.62. The first-order valence-corrected chi connectivity index (χ1v) is 7.70. The predicted octanol–water partition coefficient (Wildman–Crippen LogP) is 3.08. The van der Waals surface area contributed by atoms with Crippen molar-refractivity contribution < 1.29 is 9.53 Å². The first-order chi connectivity index (χ1) is 9.52. The van der Waals surface area contributed by atoms with Crippen molar-refractivity contribution in [1.82, 2.24) is 4.90 Å². The first kappa shape index (κ1) is 18.3. The molecule has 1 heterocycles. The van der Waals surface area contributed by atoms with Crippen LogP contribution in [0, 0.1) is 5.92 Å². The third kappa shape index (κ3) is 4.34. The highest BCUT2D eigenvalue weighted by Crippen LogP contribution is 2.26. The van der Waals surface area contributed by atoms with E-state index in [4.69, 9.17) is 10.5 Å². The van der Waals surface area contributed by atoms with Crippen molar-refractivity contribution >= 4 is 34.2 Å². The van der Waals surface area contributed by atoms with E-state index < -0.39 is 0 Å². The normalized spacial score (nSPS) is 19.6. The number of methoxy groups -OCH3 is 1. The lowest BCUT2D eigenvalue weighted by molar-refractivity contribution is 0.0659. The summed E-state index contributed by atoms with van der Waals surface area (Å²) < 4.78 is 5.99. The molecule has 1 aromatic carbocycles. The van der Waals surface area contributed by atoms with Gasteiger partial charge in [-0.15, -0.1) is 12.4 Å². The molecule has 4 nitrogen and oxygen atoms in total. The van der Waals surface area contributed by atoms with Crippen LogP contribution in [-0.2, 0) is 0 Å². The minimum Gasteiger partial charge on any atom is -0.497 e. The zero-order valence-corrected chi connectivity index (χ0v) is 14.7. The maximum atomic E-state index is 12.7. The Balaban J connectivity index is 0.00000220. The van der Waals surface area contributed by atoms with Crippen molar-refractivity contribution in [2.75, 3.05) is 20.2 Å². The summed E-state index contributed by atoms with van der Waals surface area (Å²) in [6, 6.07) is 5.59. The Morgan fingerprint density at radius 1 is 1.52 bits per heavy atom. The van der Waals surface area contributed by atoms with Crippen LogP contribution in [0.2, 0.25) is 0 Å². The number of likely N-dealkylation sites (tertiary alicyclic amines) is 1. The minimum atomic E-state index is 0. The molecule has 1 fully saturated rings. The molecule has 2 N–H and O–H groups in total. The first-order valence-electron chi connectivity index (χ1n) is 6.91. The lowest BCUT2D eigenvalue weighted by Crippen LogP contribution is -2.45. The molecule has 1 aliphatic heterocycles. The second-order valence-electron chi connectivity index (χ2n) is 5.36. The third-order valence-corrected chi connectivity index (χ3v) is 4.58. The van der Waals surface area contributed by atoms with Crippen molar-refractivity contribution in [2.45, 2.75) is 25.8 Å². The van der Waals surface area contributed by atoms with Gasteiger partial charge in [0.05, 0.1) is 12.7 Å². The molecule has 2 atom stereocenters. The SMILES string of the molecule is COc1ccc(Br)c(C(=O)N2CCCC(C(C)N)C2)c1.Cl. The van der Waals surface area contributed by atoms with E-state index >= 15 is 0 Å². The van der Waals surface area contributed by atoms with Crippen molar-refractivity contribution in [1.29, 1.82) is 0 Å². The second kappa shape index (κ2) is 8.01. The van der Waals surface area contributed by atoms with Gasteiger partial charge in [0.2, 0.25) is 0 Å². The molecule has 2 unspecified atom stereocenters. The standard InChI is InChI=1S/C15H21BrN2O2.ClH/c1-10(17)11-4-3-7-18(9-11)15(19)13-8-12(20-2)5-6-14(13)16;/h5-6,8,10-11H,3-4,7,9,17H2,1-2H3;1H. The van der Waals surface area contributed by atoms with Crippen LogP contribution in [-0.4, -0.2) is 37.0 Å². The van der Waals surface area contributed by atoms with Gasteiger partial charge in [0.1, 0.15) is 5.75 Å². The maximum Gasteiger partial charge on any atom is 0.255 e. The summed E-state index contributed by atoms with van der Waals surface area (Å²) in [5, 5.41) is 0. The molecule has 0 aliphatic carbocycles. The van der Waals surface area contributed by atoms with Crippen LogP contribution < -0.4 is 10.5 Å². The summed E-state index contributed by atoms with van der Waals surface area (Å²) in [6.07, 6.45) is 2.11. The molecule has 1 saturated heterocycles. The second-order valence-corrected chi connectivity index (χ2v) is 6.21. The lowest BCUT2D eigenvalue weighted by atomic mass is 9.92. The Labute approximate surface area is 140 Å². The van der Waals surface area contributed by atoms with E-state index in [0.717, 1.165) is 30.4 Å². The Morgan fingerprint density at radius 2 is 2.24 bits per heavy atom. The van der Waals surface area contributed by atoms with Crippen molar-refractivity contribution in [3.63, 3.8) is 0 Å². The number of hydrogen-bond acceptors (Lipinski definition) is 3. The molecule has 1 aliphatic rings.